The molecule has 0 fully saturated rings. The second kappa shape index (κ2) is 4.82. The maximum absolute atomic E-state index is 8.29. The molecule has 7 heteroatoms. The molecular formula is C6H14O7. The normalized spacial score (nSPS) is 13.4. The summed E-state index contributed by atoms with van der Waals surface area (Å²) >= 11 is 0. The molecule has 13 heavy (non-hydrogen) atoms. The van der Waals surface area contributed by atoms with Gasteiger partial charge in [-0.3, -0.25) is 0 Å². The summed E-state index contributed by atoms with van der Waals surface area (Å²) in [5, 5.41) is 19.6. The first kappa shape index (κ1) is 12.7. The van der Waals surface area contributed by atoms with Crippen LogP contribution in [0.5, 0.6) is 0 Å². The van der Waals surface area contributed by atoms with E-state index >= 15 is 0 Å². The Balaban J connectivity index is 3.86. The van der Waals surface area contributed by atoms with Crippen LogP contribution < -0.4 is 0 Å². The van der Waals surface area contributed by atoms with Crippen LogP contribution in [0.15, 0.2) is 0 Å². The Morgan fingerprint density at radius 1 is 0.769 bits per heavy atom. The van der Waals surface area contributed by atoms with E-state index in [4.69, 9.17) is 10.5 Å². The molecule has 0 aromatic heterocycles. The minimum Gasteiger partial charge on any atom is -0.249 e. The fourth-order valence-electron chi connectivity index (χ4n) is 0.320. The lowest BCUT2D eigenvalue weighted by molar-refractivity contribution is -0.610. The summed E-state index contributed by atoms with van der Waals surface area (Å²) in [7, 11) is 0. The quantitative estimate of drug-likeness (QED) is 0.378. The van der Waals surface area contributed by atoms with Crippen molar-refractivity contribution in [3.63, 3.8) is 0 Å². The average molecular weight is 198 g/mol. The van der Waals surface area contributed by atoms with Crippen LogP contribution in [0.3, 0.4) is 0 Å². The lowest BCUT2D eigenvalue weighted by atomic mass is 10.4. The van der Waals surface area contributed by atoms with E-state index in [-0.39, 0.29) is 0 Å². The van der Waals surface area contributed by atoms with Crippen LogP contribution in [0.25, 0.3) is 0 Å². The van der Waals surface area contributed by atoms with Gasteiger partial charge in [0.2, 0.25) is 11.6 Å². The Morgan fingerprint density at radius 2 is 1.23 bits per heavy atom. The monoisotopic (exact) mass is 198 g/mol. The van der Waals surface area contributed by atoms with Crippen LogP contribution in [0, 0.1) is 0 Å². The van der Waals surface area contributed by atoms with E-state index < -0.39 is 11.6 Å². The Hall–Kier alpha value is -0.280. The molecule has 0 aliphatic heterocycles. The first-order chi connectivity index (χ1) is 5.83. The Labute approximate surface area is 75.4 Å². The molecule has 80 valence electrons. The van der Waals surface area contributed by atoms with Gasteiger partial charge in [-0.05, 0) is 27.7 Å². The van der Waals surface area contributed by atoms with Crippen LogP contribution in [0.1, 0.15) is 27.7 Å². The van der Waals surface area contributed by atoms with Gasteiger partial charge in [-0.2, -0.15) is 14.7 Å². The minimum atomic E-state index is -1.34. The van der Waals surface area contributed by atoms with Crippen molar-refractivity contribution in [1.82, 2.24) is 0 Å². The fourth-order valence-corrected chi connectivity index (χ4v) is 0.320. The minimum absolute atomic E-state index is 1.33. The second-order valence-corrected chi connectivity index (χ2v) is 3.22. The molecule has 0 atom stereocenters. The van der Waals surface area contributed by atoms with Crippen molar-refractivity contribution in [3.05, 3.63) is 0 Å². The molecule has 0 aliphatic rings. The molecule has 0 aromatic carbocycles. The number of rotatable bonds is 6. The summed E-state index contributed by atoms with van der Waals surface area (Å²) in [5.74, 6) is -2.67. The predicted octanol–water partition coefficient (Wildman–Crippen LogP) is 1.32. The highest BCUT2D eigenvalue weighted by atomic mass is 17.5. The zero-order chi connectivity index (χ0) is 10.5. The highest BCUT2D eigenvalue weighted by Crippen LogP contribution is 2.17. The maximum Gasteiger partial charge on any atom is 0.231 e. The van der Waals surface area contributed by atoms with Crippen LogP contribution >= 0.6 is 0 Å². The smallest absolute Gasteiger partial charge is 0.231 e. The summed E-state index contributed by atoms with van der Waals surface area (Å²) in [6.45, 7) is 5.64. The first-order valence-corrected chi connectivity index (χ1v) is 3.51. The zero-order valence-electron chi connectivity index (χ0n) is 7.94. The Bertz CT molecular complexity index is 144. The molecule has 7 nitrogen and oxygen atoms in total. The molecule has 0 rings (SSSR count). The van der Waals surface area contributed by atoms with Crippen molar-refractivity contribution in [2.45, 2.75) is 39.3 Å². The Morgan fingerprint density at radius 3 is 1.62 bits per heavy atom. The standard InChI is InChI=1S/C6H14O7/c1-5(2,9-7)10-11-6(3,4)12-13-8/h7-8H,1-4H3. The predicted molar refractivity (Wildman–Crippen MR) is 38.8 cm³/mol. The average Bonchev–Trinajstić information content (AvgIpc) is 2.02. The van der Waals surface area contributed by atoms with Crippen molar-refractivity contribution in [1.29, 1.82) is 0 Å². The molecule has 0 aliphatic carbocycles. The van der Waals surface area contributed by atoms with Crippen LogP contribution in [-0.2, 0) is 24.6 Å². The fraction of sp³-hybridized carbons (Fsp3) is 1.00. The van der Waals surface area contributed by atoms with Gasteiger partial charge in [-0.25, -0.2) is 15.4 Å². The van der Waals surface area contributed by atoms with Crippen molar-refractivity contribution < 1.29 is 35.1 Å². The molecule has 0 aromatic rings. The Kier molecular flexibility index (Phi) is 4.71. The second-order valence-electron chi connectivity index (χ2n) is 3.22. The van der Waals surface area contributed by atoms with Crippen molar-refractivity contribution >= 4 is 0 Å². The van der Waals surface area contributed by atoms with Gasteiger partial charge >= 0.3 is 0 Å². The topological polar surface area (TPSA) is 86.6 Å². The third kappa shape index (κ3) is 5.88. The van der Waals surface area contributed by atoms with Crippen molar-refractivity contribution in [2.24, 2.45) is 0 Å². The zero-order valence-corrected chi connectivity index (χ0v) is 7.94. The van der Waals surface area contributed by atoms with Gasteiger partial charge < -0.3 is 0 Å². The van der Waals surface area contributed by atoms with Crippen molar-refractivity contribution in [3.8, 4) is 0 Å². The van der Waals surface area contributed by atoms with Gasteiger partial charge in [-0.15, -0.1) is 0 Å². The van der Waals surface area contributed by atoms with Gasteiger partial charge in [0.25, 0.3) is 0 Å². The molecule has 0 saturated carbocycles. The van der Waals surface area contributed by atoms with E-state index in [1.807, 2.05) is 0 Å². The van der Waals surface area contributed by atoms with E-state index in [2.05, 4.69) is 24.6 Å². The van der Waals surface area contributed by atoms with Gasteiger partial charge in [0.05, 0.1) is 0 Å². The van der Waals surface area contributed by atoms with Gasteiger partial charge in [0.1, 0.15) is 0 Å². The van der Waals surface area contributed by atoms with Crippen LogP contribution in [-0.4, -0.2) is 22.1 Å². The van der Waals surface area contributed by atoms with E-state index in [9.17, 15) is 0 Å². The lowest BCUT2D eigenvalue weighted by Gasteiger charge is -2.26. The summed E-state index contributed by atoms with van der Waals surface area (Å²) in [6, 6.07) is 0. The molecule has 0 heterocycles. The number of hydrogen-bond acceptors (Lipinski definition) is 7. The maximum atomic E-state index is 8.29. The van der Waals surface area contributed by atoms with E-state index in [1.54, 1.807) is 0 Å². The summed E-state index contributed by atoms with van der Waals surface area (Å²) in [5.41, 5.74) is 0. The van der Waals surface area contributed by atoms with Gasteiger partial charge in [0, 0.05) is 0 Å². The summed E-state index contributed by atoms with van der Waals surface area (Å²) in [4.78, 5) is 17.4. The molecule has 2 N–H and O–H groups in total. The highest BCUT2D eigenvalue weighted by Gasteiger charge is 2.29. The molecule has 0 saturated heterocycles. The summed E-state index contributed by atoms with van der Waals surface area (Å²) in [6.07, 6.45) is 0. The molecule has 0 amide bonds. The van der Waals surface area contributed by atoms with Crippen molar-refractivity contribution in [2.75, 3.05) is 0 Å². The molecule has 0 radical (unpaired) electrons. The highest BCUT2D eigenvalue weighted by molar-refractivity contribution is 4.49. The van der Waals surface area contributed by atoms with E-state index in [0.717, 1.165) is 0 Å². The first-order valence-electron chi connectivity index (χ1n) is 3.51. The third-order valence-electron chi connectivity index (χ3n) is 0.901. The molecule has 0 unspecified atom stereocenters. The number of hydrogen-bond donors (Lipinski definition) is 2. The van der Waals surface area contributed by atoms with E-state index in [0.29, 0.717) is 0 Å². The largest absolute Gasteiger partial charge is 0.249 e. The van der Waals surface area contributed by atoms with Gasteiger partial charge in [0.15, 0.2) is 0 Å². The van der Waals surface area contributed by atoms with E-state index in [1.165, 1.54) is 27.7 Å². The molecule has 0 bridgehead atoms. The molecule has 0 spiro atoms. The molecular weight excluding hydrogens is 184 g/mol. The lowest BCUT2D eigenvalue weighted by Crippen LogP contribution is -2.35. The SMILES string of the molecule is CC(C)(OO)OOC(C)(C)OOO. The van der Waals surface area contributed by atoms with Gasteiger partial charge in [-0.1, -0.05) is 5.04 Å². The third-order valence-corrected chi connectivity index (χ3v) is 0.901. The van der Waals surface area contributed by atoms with Crippen LogP contribution in [0.4, 0.5) is 0 Å². The summed E-state index contributed by atoms with van der Waals surface area (Å²) < 4.78 is 0. The van der Waals surface area contributed by atoms with Crippen LogP contribution in [0.2, 0.25) is 0 Å².